The van der Waals surface area contributed by atoms with Crippen molar-refractivity contribution in [3.63, 3.8) is 0 Å². The van der Waals surface area contributed by atoms with E-state index in [1.807, 2.05) is 0 Å². The number of thiocarbonyl (C=S) groups is 1. The van der Waals surface area contributed by atoms with Crippen LogP contribution in [0.2, 0.25) is 0 Å². The number of hydrogen-bond donors (Lipinski definition) is 3. The minimum Gasteiger partial charge on any atom is -0.358 e. The Morgan fingerprint density at radius 3 is 2.21 bits per heavy atom. The molecule has 1 aromatic carbocycles. The van der Waals surface area contributed by atoms with Crippen LogP contribution in [-0.2, 0) is 10.5 Å². The van der Waals surface area contributed by atoms with Crippen molar-refractivity contribution < 1.29 is 4.79 Å². The van der Waals surface area contributed by atoms with E-state index in [4.69, 9.17) is 12.2 Å². The van der Waals surface area contributed by atoms with Gasteiger partial charge in [0.15, 0.2) is 5.11 Å². The minimum atomic E-state index is -0.0575. The smallest absolute Gasteiger partial charge is 0.248 e. The Morgan fingerprint density at radius 1 is 1.00 bits per heavy atom. The first-order chi connectivity index (χ1) is 13.3. The molecule has 2 aliphatic rings. The fourth-order valence-corrected chi connectivity index (χ4v) is 5.55. The van der Waals surface area contributed by atoms with Crippen LogP contribution in [0.5, 0.6) is 0 Å². The fraction of sp³-hybridized carbons (Fsp3) is 0.545. The van der Waals surface area contributed by atoms with Gasteiger partial charge in [-0.15, -0.1) is 11.8 Å². The normalized spacial score (nSPS) is 22.4. The summed E-state index contributed by atoms with van der Waals surface area (Å²) >= 11 is 6.96. The summed E-state index contributed by atoms with van der Waals surface area (Å²) in [6.45, 7) is 10.9. The first-order valence-corrected chi connectivity index (χ1v) is 11.5. The molecular formula is C22H31N3OS2. The molecule has 0 spiro atoms. The van der Waals surface area contributed by atoms with Gasteiger partial charge in [-0.3, -0.25) is 15.6 Å². The van der Waals surface area contributed by atoms with Crippen LogP contribution < -0.4 is 16.2 Å². The Labute approximate surface area is 178 Å². The van der Waals surface area contributed by atoms with Gasteiger partial charge in [0.25, 0.3) is 0 Å². The maximum atomic E-state index is 12.2. The number of carbonyl (C=O) groups is 1. The van der Waals surface area contributed by atoms with Crippen molar-refractivity contribution in [2.45, 2.75) is 59.3 Å². The Bertz CT molecular complexity index is 789. The predicted molar refractivity (Wildman–Crippen MR) is 122 cm³/mol. The van der Waals surface area contributed by atoms with Gasteiger partial charge in [0, 0.05) is 11.8 Å². The van der Waals surface area contributed by atoms with Crippen LogP contribution >= 0.6 is 24.0 Å². The van der Waals surface area contributed by atoms with Crippen molar-refractivity contribution in [3.8, 4) is 0 Å². The summed E-state index contributed by atoms with van der Waals surface area (Å²) in [5, 5.41) is 3.83. The highest BCUT2D eigenvalue weighted by Gasteiger charge is 2.35. The van der Waals surface area contributed by atoms with Gasteiger partial charge >= 0.3 is 0 Å². The van der Waals surface area contributed by atoms with Gasteiger partial charge in [-0.25, -0.2) is 0 Å². The monoisotopic (exact) mass is 417 g/mol. The number of amides is 1. The molecule has 0 heterocycles. The van der Waals surface area contributed by atoms with E-state index in [1.165, 1.54) is 39.8 Å². The summed E-state index contributed by atoms with van der Waals surface area (Å²) < 4.78 is 0. The molecule has 0 saturated heterocycles. The second kappa shape index (κ2) is 8.87. The standard InChI is InChI=1S/C22H31N3OS2/c1-12-13(2)15(4)19(16(5)14(12)3)10-28-11-21(26)24-25-22(27)23-20-9-17-6-7-18(20)8-17/h6-7,17-18,20H,8-11H2,1-5H3,(H,24,26)(H2,23,25,27)/t17-,18-,20+/m1/s1. The first-order valence-electron chi connectivity index (χ1n) is 9.95. The second-order valence-corrected chi connectivity index (χ2v) is 9.52. The molecule has 1 amide bonds. The number of rotatable bonds is 5. The number of hydrogen-bond acceptors (Lipinski definition) is 3. The quantitative estimate of drug-likeness (QED) is 0.385. The minimum absolute atomic E-state index is 0.0575. The topological polar surface area (TPSA) is 53.2 Å². The van der Waals surface area contributed by atoms with Gasteiger partial charge in [-0.1, -0.05) is 12.2 Å². The van der Waals surface area contributed by atoms with Crippen molar-refractivity contribution in [3.05, 3.63) is 45.5 Å². The number of benzene rings is 1. The Kier molecular flexibility index (Phi) is 6.71. The van der Waals surface area contributed by atoms with E-state index in [9.17, 15) is 4.79 Å². The number of nitrogens with one attached hydrogen (secondary N) is 3. The average molecular weight is 418 g/mol. The molecule has 152 valence electrons. The Balaban J connectivity index is 1.41. The molecule has 0 radical (unpaired) electrons. The molecule has 2 bridgehead atoms. The van der Waals surface area contributed by atoms with Crippen LogP contribution in [0, 0.1) is 46.5 Å². The molecule has 28 heavy (non-hydrogen) atoms. The summed E-state index contributed by atoms with van der Waals surface area (Å²) in [4.78, 5) is 12.2. The molecule has 1 saturated carbocycles. The molecule has 2 aliphatic carbocycles. The Hall–Kier alpha value is -1.53. The summed E-state index contributed by atoms with van der Waals surface area (Å²) in [6.07, 6.45) is 6.93. The van der Waals surface area contributed by atoms with E-state index in [-0.39, 0.29) is 5.91 Å². The zero-order valence-electron chi connectivity index (χ0n) is 17.4. The molecule has 0 aliphatic heterocycles. The number of hydrazine groups is 1. The van der Waals surface area contributed by atoms with Crippen LogP contribution in [0.4, 0.5) is 0 Å². The van der Waals surface area contributed by atoms with Gasteiger partial charge in [0.1, 0.15) is 0 Å². The third-order valence-electron chi connectivity index (χ3n) is 6.55. The Morgan fingerprint density at radius 2 is 1.64 bits per heavy atom. The van der Waals surface area contributed by atoms with Gasteiger partial charge in [-0.05, 0) is 105 Å². The molecule has 3 rings (SSSR count). The zero-order chi connectivity index (χ0) is 20.4. The van der Waals surface area contributed by atoms with E-state index in [0.29, 0.717) is 28.7 Å². The lowest BCUT2D eigenvalue weighted by atomic mass is 9.90. The summed E-state index contributed by atoms with van der Waals surface area (Å²) in [5.41, 5.74) is 13.7. The van der Waals surface area contributed by atoms with Crippen molar-refractivity contribution in [1.29, 1.82) is 0 Å². The van der Waals surface area contributed by atoms with E-state index in [2.05, 4.69) is 62.9 Å². The molecular weight excluding hydrogens is 386 g/mol. The third-order valence-corrected chi connectivity index (χ3v) is 7.72. The second-order valence-electron chi connectivity index (χ2n) is 8.13. The van der Waals surface area contributed by atoms with Crippen molar-refractivity contribution >= 4 is 35.0 Å². The summed E-state index contributed by atoms with van der Waals surface area (Å²) in [6, 6.07) is 0.389. The lowest BCUT2D eigenvalue weighted by molar-refractivity contribution is -0.119. The van der Waals surface area contributed by atoms with Crippen molar-refractivity contribution in [2.24, 2.45) is 11.8 Å². The van der Waals surface area contributed by atoms with E-state index in [0.717, 1.165) is 12.2 Å². The maximum absolute atomic E-state index is 12.2. The summed E-state index contributed by atoms with van der Waals surface area (Å²) in [7, 11) is 0. The molecule has 4 nitrogen and oxygen atoms in total. The molecule has 1 aromatic rings. The van der Waals surface area contributed by atoms with Crippen molar-refractivity contribution in [1.82, 2.24) is 16.2 Å². The maximum Gasteiger partial charge on any atom is 0.248 e. The number of fused-ring (bicyclic) bond motifs is 2. The predicted octanol–water partition coefficient (Wildman–Crippen LogP) is 3.92. The lowest BCUT2D eigenvalue weighted by Gasteiger charge is -2.22. The summed E-state index contributed by atoms with van der Waals surface area (Å²) in [5.74, 6) is 2.45. The third kappa shape index (κ3) is 4.54. The van der Waals surface area contributed by atoms with Crippen molar-refractivity contribution in [2.75, 3.05) is 5.75 Å². The number of allylic oxidation sites excluding steroid dienone is 1. The van der Waals surface area contributed by atoms with Crippen LogP contribution in [-0.4, -0.2) is 22.8 Å². The van der Waals surface area contributed by atoms with Crippen LogP contribution in [0.3, 0.4) is 0 Å². The first kappa shape index (κ1) is 21.2. The highest BCUT2D eigenvalue weighted by atomic mass is 32.2. The van der Waals surface area contributed by atoms with Crippen LogP contribution in [0.25, 0.3) is 0 Å². The van der Waals surface area contributed by atoms with Gasteiger partial charge in [0.05, 0.1) is 5.75 Å². The molecule has 0 unspecified atom stereocenters. The van der Waals surface area contributed by atoms with E-state index in [1.54, 1.807) is 11.8 Å². The molecule has 6 heteroatoms. The van der Waals surface area contributed by atoms with E-state index < -0.39 is 0 Å². The van der Waals surface area contributed by atoms with E-state index >= 15 is 0 Å². The van der Waals surface area contributed by atoms with Gasteiger partial charge in [-0.2, -0.15) is 0 Å². The molecule has 3 atom stereocenters. The number of carbonyl (C=O) groups excluding carboxylic acids is 1. The fourth-order valence-electron chi connectivity index (χ4n) is 4.35. The zero-order valence-corrected chi connectivity index (χ0v) is 19.1. The van der Waals surface area contributed by atoms with Gasteiger partial charge in [0.2, 0.25) is 5.91 Å². The highest BCUT2D eigenvalue weighted by Crippen LogP contribution is 2.38. The molecule has 0 aromatic heterocycles. The largest absolute Gasteiger partial charge is 0.358 e. The molecule has 1 fully saturated rings. The highest BCUT2D eigenvalue weighted by molar-refractivity contribution is 7.99. The number of thioether (sulfide) groups is 1. The van der Waals surface area contributed by atoms with Crippen LogP contribution in [0.1, 0.15) is 46.2 Å². The average Bonchev–Trinajstić information content (AvgIpc) is 3.29. The molecule has 3 N–H and O–H groups in total. The SMILES string of the molecule is Cc1c(C)c(C)c(CSCC(=O)NNC(=S)N[C@H]2C[C@@H]3C=C[C@@H]2C3)c(C)c1C. The van der Waals surface area contributed by atoms with Gasteiger partial charge < -0.3 is 5.32 Å². The lowest BCUT2D eigenvalue weighted by Crippen LogP contribution is -2.50. The van der Waals surface area contributed by atoms with Crippen LogP contribution in [0.15, 0.2) is 12.2 Å².